The number of rotatable bonds is 5. The minimum absolute atomic E-state index is 0.374. The van der Waals surface area contributed by atoms with Crippen molar-refractivity contribution in [3.63, 3.8) is 0 Å². The highest BCUT2D eigenvalue weighted by atomic mass is 16.5. The molecule has 132 valence electrons. The van der Waals surface area contributed by atoms with Crippen molar-refractivity contribution >= 4 is 0 Å². The first-order valence-corrected chi connectivity index (χ1v) is 9.56. The molecule has 0 saturated carbocycles. The van der Waals surface area contributed by atoms with Crippen LogP contribution in [0.25, 0.3) is 0 Å². The number of aromatic hydroxyl groups is 1. The molecule has 0 radical (unpaired) electrons. The molecule has 0 aromatic heterocycles. The van der Waals surface area contributed by atoms with Crippen LogP contribution in [0.15, 0.2) is 42.5 Å². The molecule has 1 fully saturated rings. The molecule has 3 heteroatoms. The van der Waals surface area contributed by atoms with Gasteiger partial charge in [0.25, 0.3) is 0 Å². The Morgan fingerprint density at radius 3 is 2.80 bits per heavy atom. The predicted octanol–water partition coefficient (Wildman–Crippen LogP) is 4.34. The molecular formula is C22H27NO2. The van der Waals surface area contributed by atoms with Crippen LogP contribution in [0, 0.1) is 0 Å². The van der Waals surface area contributed by atoms with Crippen LogP contribution < -0.4 is 4.74 Å². The third-order valence-electron chi connectivity index (χ3n) is 5.58. The Morgan fingerprint density at radius 2 is 1.92 bits per heavy atom. The summed E-state index contributed by atoms with van der Waals surface area (Å²) >= 11 is 0. The molecule has 0 amide bonds. The van der Waals surface area contributed by atoms with Gasteiger partial charge in [-0.25, -0.2) is 0 Å². The van der Waals surface area contributed by atoms with E-state index in [1.807, 2.05) is 12.1 Å². The largest absolute Gasteiger partial charge is 0.508 e. The Bertz CT molecular complexity index is 722. The van der Waals surface area contributed by atoms with E-state index < -0.39 is 0 Å². The maximum absolute atomic E-state index is 9.75. The maximum atomic E-state index is 9.75. The molecule has 1 atom stereocenters. The van der Waals surface area contributed by atoms with Crippen molar-refractivity contribution < 1.29 is 9.84 Å². The van der Waals surface area contributed by atoms with Crippen molar-refractivity contribution in [1.82, 2.24) is 4.90 Å². The van der Waals surface area contributed by atoms with Crippen molar-refractivity contribution in [2.45, 2.75) is 38.0 Å². The first-order valence-electron chi connectivity index (χ1n) is 9.56. The summed E-state index contributed by atoms with van der Waals surface area (Å²) in [5.41, 5.74) is 3.97. The van der Waals surface area contributed by atoms with Crippen molar-refractivity contribution in [2.75, 3.05) is 26.2 Å². The number of hydrogen-bond acceptors (Lipinski definition) is 3. The van der Waals surface area contributed by atoms with E-state index in [-0.39, 0.29) is 0 Å². The van der Waals surface area contributed by atoms with Crippen LogP contribution in [0.1, 0.15) is 48.3 Å². The number of ether oxygens (including phenoxy) is 1. The second kappa shape index (κ2) is 7.49. The zero-order valence-corrected chi connectivity index (χ0v) is 14.8. The number of fused-ring (bicyclic) bond motifs is 1. The van der Waals surface area contributed by atoms with Crippen LogP contribution in [-0.2, 0) is 6.42 Å². The molecule has 1 aliphatic carbocycles. The third-order valence-corrected chi connectivity index (χ3v) is 5.58. The van der Waals surface area contributed by atoms with Crippen LogP contribution in [-0.4, -0.2) is 36.2 Å². The maximum Gasteiger partial charge on any atom is 0.119 e. The Balaban J connectivity index is 1.46. The lowest BCUT2D eigenvalue weighted by atomic mass is 9.79. The summed E-state index contributed by atoms with van der Waals surface area (Å²) in [6.07, 6.45) is 6.04. The number of benzene rings is 2. The van der Waals surface area contributed by atoms with E-state index in [0.29, 0.717) is 11.7 Å². The number of hydrogen-bond donors (Lipinski definition) is 1. The van der Waals surface area contributed by atoms with E-state index >= 15 is 0 Å². The van der Waals surface area contributed by atoms with Crippen molar-refractivity contribution in [3.05, 3.63) is 59.2 Å². The lowest BCUT2D eigenvalue weighted by Crippen LogP contribution is -2.25. The Hall–Kier alpha value is -2.00. The second-order valence-electron chi connectivity index (χ2n) is 7.30. The molecule has 2 aromatic carbocycles. The molecular weight excluding hydrogens is 310 g/mol. The van der Waals surface area contributed by atoms with Crippen LogP contribution in [0.3, 0.4) is 0 Å². The number of phenolic OH excluding ortho intramolecular Hbond substituents is 1. The normalized spacial score (nSPS) is 20.4. The molecule has 0 bridgehead atoms. The van der Waals surface area contributed by atoms with Gasteiger partial charge in [0.15, 0.2) is 0 Å². The van der Waals surface area contributed by atoms with Crippen molar-refractivity contribution in [2.24, 2.45) is 0 Å². The highest BCUT2D eigenvalue weighted by Gasteiger charge is 2.22. The van der Waals surface area contributed by atoms with Gasteiger partial charge in [0.2, 0.25) is 0 Å². The van der Waals surface area contributed by atoms with Crippen LogP contribution in [0.5, 0.6) is 11.5 Å². The first kappa shape index (κ1) is 16.5. The number of aryl methyl sites for hydroxylation is 1. The molecule has 0 spiro atoms. The molecule has 1 unspecified atom stereocenters. The lowest BCUT2D eigenvalue weighted by molar-refractivity contribution is 0.237. The molecule has 3 nitrogen and oxygen atoms in total. The molecule has 4 rings (SSSR count). The number of nitrogens with zero attached hydrogens (tertiary/aromatic N) is 1. The average molecular weight is 337 g/mol. The van der Waals surface area contributed by atoms with E-state index in [4.69, 9.17) is 4.74 Å². The summed E-state index contributed by atoms with van der Waals surface area (Å²) in [7, 11) is 0. The van der Waals surface area contributed by atoms with Crippen molar-refractivity contribution in [3.8, 4) is 11.5 Å². The van der Waals surface area contributed by atoms with Crippen molar-refractivity contribution in [1.29, 1.82) is 0 Å². The second-order valence-corrected chi connectivity index (χ2v) is 7.30. The Kier molecular flexibility index (Phi) is 4.93. The topological polar surface area (TPSA) is 32.7 Å². The Morgan fingerprint density at radius 1 is 1.04 bits per heavy atom. The van der Waals surface area contributed by atoms with Gasteiger partial charge in [-0.15, -0.1) is 0 Å². The third kappa shape index (κ3) is 3.82. The molecule has 1 heterocycles. The molecule has 25 heavy (non-hydrogen) atoms. The van der Waals surface area contributed by atoms with Gasteiger partial charge in [0, 0.05) is 12.5 Å². The van der Waals surface area contributed by atoms with E-state index in [9.17, 15) is 5.11 Å². The van der Waals surface area contributed by atoms with E-state index in [0.717, 1.165) is 31.7 Å². The summed E-state index contributed by atoms with van der Waals surface area (Å²) in [6, 6.07) is 14.4. The highest BCUT2D eigenvalue weighted by Crippen LogP contribution is 2.38. The zero-order chi connectivity index (χ0) is 17.1. The highest BCUT2D eigenvalue weighted by molar-refractivity contribution is 5.44. The van der Waals surface area contributed by atoms with Gasteiger partial charge in [0.1, 0.15) is 18.1 Å². The van der Waals surface area contributed by atoms with Gasteiger partial charge in [-0.05, 0) is 86.1 Å². The monoisotopic (exact) mass is 337 g/mol. The average Bonchev–Trinajstić information content (AvgIpc) is 3.15. The summed E-state index contributed by atoms with van der Waals surface area (Å²) in [5.74, 6) is 1.76. The van der Waals surface area contributed by atoms with Crippen LogP contribution in [0.4, 0.5) is 0 Å². The SMILES string of the molecule is Oc1ccc2c(c1)CCCC2c1cccc(OCCN2CCCC2)c1. The fraction of sp³-hybridized carbons (Fsp3) is 0.455. The smallest absolute Gasteiger partial charge is 0.119 e. The first-order chi connectivity index (χ1) is 12.3. The summed E-state index contributed by atoms with van der Waals surface area (Å²) in [6.45, 7) is 4.22. The number of likely N-dealkylation sites (tertiary alicyclic amines) is 1. The van der Waals surface area contributed by atoms with Gasteiger partial charge >= 0.3 is 0 Å². The minimum Gasteiger partial charge on any atom is -0.508 e. The molecule has 1 aliphatic heterocycles. The van der Waals surface area contributed by atoms with Gasteiger partial charge in [-0.2, -0.15) is 0 Å². The molecule has 1 N–H and O–H groups in total. The molecule has 2 aliphatic rings. The zero-order valence-electron chi connectivity index (χ0n) is 14.8. The van der Waals surface area contributed by atoms with Gasteiger partial charge in [-0.3, -0.25) is 4.90 Å². The summed E-state index contributed by atoms with van der Waals surface area (Å²) in [4.78, 5) is 2.48. The fourth-order valence-electron chi connectivity index (χ4n) is 4.27. The van der Waals surface area contributed by atoms with Gasteiger partial charge in [0.05, 0.1) is 0 Å². The molecule has 2 aromatic rings. The quantitative estimate of drug-likeness (QED) is 0.881. The summed E-state index contributed by atoms with van der Waals surface area (Å²) in [5, 5.41) is 9.75. The van der Waals surface area contributed by atoms with Crippen LogP contribution in [0.2, 0.25) is 0 Å². The predicted molar refractivity (Wildman–Crippen MR) is 100 cm³/mol. The van der Waals surface area contributed by atoms with E-state index in [1.54, 1.807) is 0 Å². The van der Waals surface area contributed by atoms with E-state index in [1.165, 1.54) is 49.0 Å². The van der Waals surface area contributed by atoms with Crippen LogP contribution >= 0.6 is 0 Å². The minimum atomic E-state index is 0.374. The standard InChI is InChI=1S/C22H27NO2/c24-19-9-10-22-17(15-19)6-4-8-21(22)18-5-3-7-20(16-18)25-14-13-23-11-1-2-12-23/h3,5,7,9-10,15-16,21,24H,1-2,4,6,8,11-14H2. The van der Waals surface area contributed by atoms with Gasteiger partial charge < -0.3 is 9.84 Å². The lowest BCUT2D eigenvalue weighted by Gasteiger charge is -2.26. The fourth-order valence-corrected chi connectivity index (χ4v) is 4.27. The van der Waals surface area contributed by atoms with E-state index in [2.05, 4.69) is 35.2 Å². The Labute approximate surface area is 150 Å². The van der Waals surface area contributed by atoms with Gasteiger partial charge in [-0.1, -0.05) is 18.2 Å². The number of phenols is 1. The molecule has 1 saturated heterocycles. The summed E-state index contributed by atoms with van der Waals surface area (Å²) < 4.78 is 6.02.